The van der Waals surface area contributed by atoms with Crippen LogP contribution >= 0.6 is 0 Å². The van der Waals surface area contributed by atoms with Gasteiger partial charge in [-0.2, -0.15) is 0 Å². The van der Waals surface area contributed by atoms with Crippen LogP contribution < -0.4 is 20.4 Å². The maximum absolute atomic E-state index is 6.07. The topological polar surface area (TPSA) is 52.0 Å². The monoisotopic (exact) mass is 526 g/mol. The quantitative estimate of drug-likeness (QED) is 0.299. The molecule has 4 aromatic rings. The van der Waals surface area contributed by atoms with E-state index in [-0.39, 0.29) is 0 Å². The first-order valence-electron chi connectivity index (χ1n) is 9.90. The van der Waals surface area contributed by atoms with Crippen LogP contribution in [-0.2, 0) is 10.6 Å². The van der Waals surface area contributed by atoms with Crippen molar-refractivity contribution in [2.45, 2.75) is 10.6 Å². The van der Waals surface area contributed by atoms with Gasteiger partial charge in [0.05, 0.1) is 0 Å². The Labute approximate surface area is 185 Å². The third-order valence-electron chi connectivity index (χ3n) is 5.48. The molecule has 0 unspecified atom stereocenters. The van der Waals surface area contributed by atoms with Gasteiger partial charge in [0.25, 0.3) is 0 Å². The van der Waals surface area contributed by atoms with E-state index in [1.54, 1.807) is 0 Å². The number of hydrogen-bond donors (Lipinski definition) is 2. The Morgan fingerprint density at radius 3 is 1.17 bits per heavy atom. The van der Waals surface area contributed by atoms with E-state index in [1.807, 2.05) is 24.3 Å². The number of nitrogens with two attached hydrogens (primary N) is 2. The summed E-state index contributed by atoms with van der Waals surface area (Å²) in [5.74, 6) is 0. The molecule has 0 saturated carbocycles. The van der Waals surface area contributed by atoms with Crippen molar-refractivity contribution in [2.24, 2.45) is 0 Å². The van der Waals surface area contributed by atoms with Gasteiger partial charge in [0.15, 0.2) is 0 Å². The van der Waals surface area contributed by atoms with Crippen molar-refractivity contribution in [3.63, 3.8) is 0 Å². The van der Waals surface area contributed by atoms with Crippen LogP contribution in [0.5, 0.6) is 0 Å². The molecule has 0 aliphatic heterocycles. The van der Waals surface area contributed by atoms with Crippen molar-refractivity contribution in [3.05, 3.63) is 120 Å². The van der Waals surface area contributed by atoms with E-state index in [1.165, 1.54) is 20.1 Å². The fraction of sp³-hybridized carbons (Fsp3) is 0.0769. The van der Waals surface area contributed by atoms with Crippen molar-refractivity contribution < 1.29 is 0 Å². The van der Waals surface area contributed by atoms with Gasteiger partial charge in [-0.3, -0.25) is 0 Å². The van der Waals surface area contributed by atoms with Gasteiger partial charge in [-0.05, 0) is 0 Å². The van der Waals surface area contributed by atoms with E-state index in [9.17, 15) is 0 Å². The molecule has 0 fully saturated rings. The molecule has 0 aliphatic carbocycles. The Morgan fingerprint density at radius 2 is 0.833 bits per heavy atom. The summed E-state index contributed by atoms with van der Waals surface area (Å²) in [4.78, 5) is 0. The zero-order valence-corrected chi connectivity index (χ0v) is 20.2. The van der Waals surface area contributed by atoms with E-state index in [0.717, 1.165) is 22.0 Å². The van der Waals surface area contributed by atoms with Crippen molar-refractivity contribution >= 4 is 43.4 Å². The van der Waals surface area contributed by atoms with Gasteiger partial charge in [-0.15, -0.1) is 0 Å². The average molecular weight is 524 g/mol. The van der Waals surface area contributed by atoms with Gasteiger partial charge < -0.3 is 0 Å². The second-order valence-electron chi connectivity index (χ2n) is 7.68. The van der Waals surface area contributed by atoms with E-state index in [0.29, 0.717) is 0 Å². The first-order chi connectivity index (χ1) is 14.5. The summed E-state index contributed by atoms with van der Waals surface area (Å²) in [5.41, 5.74) is 16.4. The van der Waals surface area contributed by atoms with E-state index in [2.05, 4.69) is 98.6 Å². The van der Waals surface area contributed by atoms with Gasteiger partial charge >= 0.3 is 186 Å². The molecule has 30 heavy (non-hydrogen) atoms. The van der Waals surface area contributed by atoms with Gasteiger partial charge in [0, 0.05) is 0 Å². The third kappa shape index (κ3) is 4.05. The molecule has 0 amide bonds. The van der Waals surface area contributed by atoms with Gasteiger partial charge in [0.2, 0.25) is 0 Å². The molecule has 4 rings (SSSR count). The van der Waals surface area contributed by atoms with Crippen LogP contribution in [0.2, 0.25) is 0 Å². The normalized spacial score (nSPS) is 12.7. The molecule has 0 radical (unpaired) electrons. The third-order valence-corrected chi connectivity index (χ3v) is 21.9. The zero-order valence-electron chi connectivity index (χ0n) is 16.8. The summed E-state index contributed by atoms with van der Waals surface area (Å²) in [6.07, 6.45) is 0. The molecule has 0 aromatic heterocycles. The van der Waals surface area contributed by atoms with E-state index < -0.39 is 9.43 Å². The van der Waals surface area contributed by atoms with Crippen LogP contribution in [-0.4, -0.2) is 23.1 Å². The van der Waals surface area contributed by atoms with Crippen LogP contribution in [0.4, 0.5) is 11.4 Å². The van der Waals surface area contributed by atoms with Crippen LogP contribution in [0.3, 0.4) is 0 Å². The van der Waals surface area contributed by atoms with E-state index in [4.69, 9.17) is 11.5 Å². The molecule has 0 aliphatic rings. The minimum absolute atomic E-state index is 0.784. The second kappa shape index (κ2) is 8.33. The van der Waals surface area contributed by atoms with E-state index >= 15 is 0 Å². The van der Waals surface area contributed by atoms with Crippen LogP contribution in [0.1, 0.15) is 11.1 Å². The summed E-state index contributed by atoms with van der Waals surface area (Å²) >= 11 is 3.86. The van der Waals surface area contributed by atoms with Crippen LogP contribution in [0.15, 0.2) is 109 Å². The number of anilines is 2. The molecule has 4 heteroatoms. The Hall–Kier alpha value is -2.48. The molecular formula is C26H26N2Se2. The number of rotatable bonds is 6. The first kappa shape index (κ1) is 20.8. The Bertz CT molecular complexity index is 1090. The van der Waals surface area contributed by atoms with Crippen molar-refractivity contribution in [1.82, 2.24) is 0 Å². The minimum atomic E-state index is -3.37. The average Bonchev–Trinajstić information content (AvgIpc) is 2.76. The van der Waals surface area contributed by atoms with Crippen molar-refractivity contribution in [2.75, 3.05) is 11.5 Å². The molecule has 0 bridgehead atoms. The molecule has 0 heterocycles. The molecule has 0 atom stereocenters. The predicted molar refractivity (Wildman–Crippen MR) is 133 cm³/mol. The molecular weight excluding hydrogens is 498 g/mol. The van der Waals surface area contributed by atoms with Crippen molar-refractivity contribution in [1.29, 1.82) is 0 Å². The molecule has 2 nitrogen and oxygen atoms in total. The number of nitrogen functional groups attached to an aromatic ring is 2. The Kier molecular flexibility index (Phi) is 5.77. The van der Waals surface area contributed by atoms with Crippen LogP contribution in [0, 0.1) is 0 Å². The summed E-state index contributed by atoms with van der Waals surface area (Å²) in [5, 5.41) is 1.92. The Morgan fingerprint density at radius 1 is 0.500 bits per heavy atom. The molecule has 4 N–H and O–H groups in total. The first-order valence-corrected chi connectivity index (χ1v) is 18.4. The maximum atomic E-state index is 6.07. The Balaban J connectivity index is 2.02. The molecule has 0 spiro atoms. The standard InChI is InChI=1S/C26H26N2Se2/c27-23-11-15-25(16-12-23)30(29,19-21-7-3-1-4-8-21,20-22-9-5-2-6-10-22)26-17-13-24(28)14-18-26/h1-18H,19-20,27-28H2. The van der Waals surface area contributed by atoms with Gasteiger partial charge in [0.1, 0.15) is 0 Å². The van der Waals surface area contributed by atoms with Crippen molar-refractivity contribution in [3.8, 4) is 0 Å². The number of hydrogen-bond acceptors (Lipinski definition) is 2. The molecule has 0 saturated heterocycles. The van der Waals surface area contributed by atoms with Crippen LogP contribution in [0.25, 0.3) is 0 Å². The van der Waals surface area contributed by atoms with Gasteiger partial charge in [-0.1, -0.05) is 0 Å². The summed E-state index contributed by atoms with van der Waals surface area (Å²) in [6.45, 7) is 0. The predicted octanol–water partition coefficient (Wildman–Crippen LogP) is 3.60. The fourth-order valence-corrected chi connectivity index (χ4v) is 18.5. The SMILES string of the molecule is Nc1ccc([Se](=[Se])(Cc2ccccc2)(Cc2ccccc2)c2ccc(N)cc2)cc1. The zero-order chi connectivity index (χ0) is 21.1. The summed E-state index contributed by atoms with van der Waals surface area (Å²) < 4.78 is 2.70. The second-order valence-corrected chi connectivity index (χ2v) is 25.0. The summed E-state index contributed by atoms with van der Waals surface area (Å²) in [7, 11) is -3.37. The molecule has 4 aromatic carbocycles. The van der Waals surface area contributed by atoms with Gasteiger partial charge in [-0.25, -0.2) is 0 Å². The fourth-order valence-electron chi connectivity index (χ4n) is 3.94. The number of benzene rings is 4. The molecule has 152 valence electrons. The summed E-state index contributed by atoms with van der Waals surface area (Å²) in [6, 6.07) is 38.5.